The highest BCUT2D eigenvalue weighted by atomic mass is 16.2. The van der Waals surface area contributed by atoms with Gasteiger partial charge in [-0.2, -0.15) is 5.10 Å². The topological polar surface area (TPSA) is 51.0 Å². The molecule has 0 unspecified atom stereocenters. The number of piperidine rings is 1. The lowest BCUT2D eigenvalue weighted by Gasteiger charge is -2.32. The molecule has 0 N–H and O–H groups in total. The molecule has 0 spiro atoms. The summed E-state index contributed by atoms with van der Waals surface area (Å²) in [6.07, 6.45) is 6.12. The predicted molar refractivity (Wildman–Crippen MR) is 103 cm³/mol. The third kappa shape index (κ3) is 3.97. The van der Waals surface area contributed by atoms with Gasteiger partial charge in [0.15, 0.2) is 0 Å². The van der Waals surface area contributed by atoms with Gasteiger partial charge in [0.1, 0.15) is 0 Å². The molecule has 1 amide bonds. The lowest BCUT2D eigenvalue weighted by molar-refractivity contribution is 0.0689. The normalized spacial score (nSPS) is 15.5. The van der Waals surface area contributed by atoms with Crippen LogP contribution in [0.15, 0.2) is 18.3 Å². The number of carbonyl (C=O) groups excluding carboxylic acids is 1. The summed E-state index contributed by atoms with van der Waals surface area (Å²) in [7, 11) is 0. The van der Waals surface area contributed by atoms with E-state index in [4.69, 9.17) is 0 Å². The molecule has 0 aliphatic carbocycles. The number of pyridine rings is 1. The fourth-order valence-corrected chi connectivity index (χ4v) is 4.00. The van der Waals surface area contributed by atoms with Crippen LogP contribution in [-0.4, -0.2) is 38.7 Å². The number of rotatable bonds is 5. The Kier molecular flexibility index (Phi) is 5.74. The first-order valence-corrected chi connectivity index (χ1v) is 9.74. The van der Waals surface area contributed by atoms with Gasteiger partial charge in [0, 0.05) is 37.2 Å². The lowest BCUT2D eigenvalue weighted by Crippen LogP contribution is -2.39. The number of hydrogen-bond acceptors (Lipinski definition) is 3. The summed E-state index contributed by atoms with van der Waals surface area (Å²) >= 11 is 0. The average Bonchev–Trinajstić information content (AvgIpc) is 2.89. The molecule has 2 aromatic rings. The van der Waals surface area contributed by atoms with Gasteiger partial charge in [-0.3, -0.25) is 14.5 Å². The highest BCUT2D eigenvalue weighted by Crippen LogP contribution is 2.24. The van der Waals surface area contributed by atoms with Crippen molar-refractivity contribution in [2.24, 2.45) is 5.92 Å². The van der Waals surface area contributed by atoms with Crippen molar-refractivity contribution in [3.63, 3.8) is 0 Å². The zero-order valence-electron chi connectivity index (χ0n) is 16.5. The Morgan fingerprint density at radius 3 is 2.62 bits per heavy atom. The van der Waals surface area contributed by atoms with E-state index in [2.05, 4.69) is 29.1 Å². The van der Waals surface area contributed by atoms with E-state index in [9.17, 15) is 4.79 Å². The highest BCUT2D eigenvalue weighted by molar-refractivity contribution is 5.96. The van der Waals surface area contributed by atoms with Crippen LogP contribution in [0.25, 0.3) is 0 Å². The number of hydrogen-bond donors (Lipinski definition) is 0. The van der Waals surface area contributed by atoms with Crippen LogP contribution in [0.1, 0.15) is 59.2 Å². The Balaban J connectivity index is 1.62. The van der Waals surface area contributed by atoms with Crippen LogP contribution >= 0.6 is 0 Å². The van der Waals surface area contributed by atoms with Crippen LogP contribution in [0.2, 0.25) is 0 Å². The second-order valence-corrected chi connectivity index (χ2v) is 7.51. The molecule has 1 saturated heterocycles. The summed E-state index contributed by atoms with van der Waals surface area (Å²) in [6.45, 7) is 10.7. The Labute approximate surface area is 156 Å². The standard InChI is InChI=1S/C21H30N4O/c1-5-10-25-17(4)20(16(3)23-25)21(26)24-11-7-18(8-12-24)14-19-6-9-22-15(2)13-19/h6,9,13,18H,5,7-8,10-12,14H2,1-4H3. The molecule has 1 aliphatic rings. The quantitative estimate of drug-likeness (QED) is 0.822. The van der Waals surface area contributed by atoms with Crippen LogP contribution in [0.4, 0.5) is 0 Å². The summed E-state index contributed by atoms with van der Waals surface area (Å²) in [4.78, 5) is 19.3. The summed E-state index contributed by atoms with van der Waals surface area (Å²) in [6, 6.07) is 4.28. The molecular formula is C21H30N4O. The molecule has 0 radical (unpaired) electrons. The van der Waals surface area contributed by atoms with Gasteiger partial charge in [-0.05, 0) is 70.1 Å². The average molecular weight is 354 g/mol. The number of nitrogens with zero attached hydrogens (tertiary/aromatic N) is 4. The highest BCUT2D eigenvalue weighted by Gasteiger charge is 2.27. The van der Waals surface area contributed by atoms with Gasteiger partial charge in [-0.15, -0.1) is 0 Å². The van der Waals surface area contributed by atoms with Crippen molar-refractivity contribution in [2.45, 2.75) is 59.9 Å². The molecular weight excluding hydrogens is 324 g/mol. The van der Waals surface area contributed by atoms with E-state index in [-0.39, 0.29) is 5.91 Å². The summed E-state index contributed by atoms with van der Waals surface area (Å²) < 4.78 is 1.97. The van der Waals surface area contributed by atoms with E-state index in [1.54, 1.807) is 0 Å². The van der Waals surface area contributed by atoms with Crippen LogP contribution in [0, 0.1) is 26.7 Å². The maximum Gasteiger partial charge on any atom is 0.257 e. The SMILES string of the molecule is CCCn1nc(C)c(C(=O)N2CCC(Cc3ccnc(C)c3)CC2)c1C. The molecule has 3 heterocycles. The molecule has 26 heavy (non-hydrogen) atoms. The lowest BCUT2D eigenvalue weighted by atomic mass is 9.90. The molecule has 2 aromatic heterocycles. The molecule has 0 bridgehead atoms. The van der Waals surface area contributed by atoms with E-state index in [0.29, 0.717) is 5.92 Å². The van der Waals surface area contributed by atoms with Crippen LogP contribution < -0.4 is 0 Å². The summed E-state index contributed by atoms with van der Waals surface area (Å²) in [5, 5.41) is 4.56. The first-order chi connectivity index (χ1) is 12.5. The van der Waals surface area contributed by atoms with Crippen molar-refractivity contribution in [3.8, 4) is 0 Å². The number of carbonyl (C=O) groups is 1. The van der Waals surface area contributed by atoms with Crippen LogP contribution in [-0.2, 0) is 13.0 Å². The van der Waals surface area contributed by atoms with Crippen LogP contribution in [0.5, 0.6) is 0 Å². The van der Waals surface area contributed by atoms with Gasteiger partial charge >= 0.3 is 0 Å². The minimum atomic E-state index is 0.153. The van der Waals surface area contributed by atoms with Gasteiger partial charge < -0.3 is 4.90 Å². The van der Waals surface area contributed by atoms with Gasteiger partial charge in [0.2, 0.25) is 0 Å². The van der Waals surface area contributed by atoms with E-state index in [1.807, 2.05) is 36.5 Å². The van der Waals surface area contributed by atoms with E-state index in [0.717, 1.165) is 68.0 Å². The second-order valence-electron chi connectivity index (χ2n) is 7.51. The Morgan fingerprint density at radius 1 is 1.23 bits per heavy atom. The maximum atomic E-state index is 13.0. The third-order valence-corrected chi connectivity index (χ3v) is 5.42. The predicted octanol–water partition coefficient (Wildman–Crippen LogP) is 3.71. The molecule has 3 rings (SSSR count). The van der Waals surface area contributed by atoms with Crippen molar-refractivity contribution in [1.29, 1.82) is 0 Å². The molecule has 1 aliphatic heterocycles. The van der Waals surface area contributed by atoms with Crippen molar-refractivity contribution >= 4 is 5.91 Å². The first kappa shape index (κ1) is 18.6. The molecule has 0 aromatic carbocycles. The molecule has 0 saturated carbocycles. The molecule has 0 atom stereocenters. The number of aryl methyl sites for hydroxylation is 3. The molecule has 140 valence electrons. The van der Waals surface area contributed by atoms with E-state index < -0.39 is 0 Å². The van der Waals surface area contributed by atoms with Crippen molar-refractivity contribution in [2.75, 3.05) is 13.1 Å². The monoisotopic (exact) mass is 354 g/mol. The Morgan fingerprint density at radius 2 is 1.96 bits per heavy atom. The van der Waals surface area contributed by atoms with Crippen LogP contribution in [0.3, 0.4) is 0 Å². The van der Waals surface area contributed by atoms with Crippen molar-refractivity contribution in [1.82, 2.24) is 19.7 Å². The number of amides is 1. The van der Waals surface area contributed by atoms with Gasteiger partial charge in [0.25, 0.3) is 5.91 Å². The minimum Gasteiger partial charge on any atom is -0.339 e. The zero-order valence-corrected chi connectivity index (χ0v) is 16.5. The number of aromatic nitrogens is 3. The maximum absolute atomic E-state index is 13.0. The smallest absolute Gasteiger partial charge is 0.257 e. The Hall–Kier alpha value is -2.17. The van der Waals surface area contributed by atoms with Crippen molar-refractivity contribution in [3.05, 3.63) is 46.5 Å². The molecule has 5 nitrogen and oxygen atoms in total. The first-order valence-electron chi connectivity index (χ1n) is 9.74. The largest absolute Gasteiger partial charge is 0.339 e. The van der Waals surface area contributed by atoms with Gasteiger partial charge in [-0.25, -0.2) is 0 Å². The van der Waals surface area contributed by atoms with Gasteiger partial charge in [-0.1, -0.05) is 6.92 Å². The third-order valence-electron chi connectivity index (χ3n) is 5.42. The van der Waals surface area contributed by atoms with Gasteiger partial charge in [0.05, 0.1) is 11.3 Å². The van der Waals surface area contributed by atoms with E-state index in [1.165, 1.54) is 5.56 Å². The second kappa shape index (κ2) is 8.02. The molecule has 1 fully saturated rings. The zero-order chi connectivity index (χ0) is 18.7. The summed E-state index contributed by atoms with van der Waals surface area (Å²) in [5.41, 5.74) is 5.10. The minimum absolute atomic E-state index is 0.153. The molecule has 5 heteroatoms. The Bertz CT molecular complexity index is 772. The van der Waals surface area contributed by atoms with E-state index >= 15 is 0 Å². The fraction of sp³-hybridized carbons (Fsp3) is 0.571. The van der Waals surface area contributed by atoms with Crippen molar-refractivity contribution < 1.29 is 4.79 Å². The summed E-state index contributed by atoms with van der Waals surface area (Å²) in [5.74, 6) is 0.798. The number of likely N-dealkylation sites (tertiary alicyclic amines) is 1. The fourth-order valence-electron chi connectivity index (χ4n) is 4.00.